The van der Waals surface area contributed by atoms with Crippen molar-refractivity contribution in [3.8, 4) is 5.75 Å². The molecule has 0 aromatic heterocycles. The molecule has 8 heteroatoms. The summed E-state index contributed by atoms with van der Waals surface area (Å²) in [6.07, 6.45) is 5.90. The zero-order chi connectivity index (χ0) is 22.7. The van der Waals surface area contributed by atoms with Gasteiger partial charge >= 0.3 is 6.03 Å². The summed E-state index contributed by atoms with van der Waals surface area (Å²) in [7, 11) is 0. The van der Waals surface area contributed by atoms with Gasteiger partial charge in [-0.3, -0.25) is 19.8 Å². The molecule has 166 valence electrons. The molecule has 1 N–H and O–H groups in total. The highest BCUT2D eigenvalue weighted by atomic mass is 79.9. The zero-order valence-corrected chi connectivity index (χ0v) is 18.9. The van der Waals surface area contributed by atoms with Crippen molar-refractivity contribution in [1.82, 2.24) is 10.2 Å². The number of nitrogens with one attached hydrogen (secondary N) is 1. The van der Waals surface area contributed by atoms with Crippen LogP contribution in [0.2, 0.25) is 0 Å². The van der Waals surface area contributed by atoms with Crippen molar-refractivity contribution in [3.05, 3.63) is 69.5 Å². The van der Waals surface area contributed by atoms with Crippen LogP contribution in [-0.2, 0) is 16.2 Å². The molecule has 0 unspecified atom stereocenters. The molecule has 2 aromatic carbocycles. The lowest BCUT2D eigenvalue weighted by Crippen LogP contribution is -2.58. The largest absolute Gasteiger partial charge is 0.488 e. The van der Waals surface area contributed by atoms with Crippen LogP contribution < -0.4 is 10.1 Å². The fraction of sp³-hybridized carbons (Fsp3) is 0.292. The minimum absolute atomic E-state index is 0.111. The first-order valence-electron chi connectivity index (χ1n) is 10.5. The van der Waals surface area contributed by atoms with E-state index in [1.54, 1.807) is 30.3 Å². The first-order valence-corrected chi connectivity index (χ1v) is 11.3. The quantitative estimate of drug-likeness (QED) is 0.464. The Labute approximate surface area is 193 Å². The number of hydrogen-bond acceptors (Lipinski definition) is 4. The number of halogens is 2. The second kappa shape index (κ2) is 9.65. The lowest BCUT2D eigenvalue weighted by molar-refractivity contribution is -0.132. The second-order valence-electron chi connectivity index (χ2n) is 7.88. The predicted octanol–water partition coefficient (Wildman–Crippen LogP) is 4.96. The Morgan fingerprint density at radius 3 is 2.50 bits per heavy atom. The van der Waals surface area contributed by atoms with Crippen LogP contribution in [0.3, 0.4) is 0 Å². The first-order chi connectivity index (χ1) is 15.4. The van der Waals surface area contributed by atoms with Gasteiger partial charge in [-0.15, -0.1) is 0 Å². The van der Waals surface area contributed by atoms with Crippen LogP contribution in [0.25, 0.3) is 6.08 Å². The van der Waals surface area contributed by atoms with Gasteiger partial charge in [-0.25, -0.2) is 9.18 Å². The normalized spacial score (nSPS) is 18.8. The molecule has 1 aliphatic heterocycles. The Kier molecular flexibility index (Phi) is 6.69. The Morgan fingerprint density at radius 2 is 1.78 bits per heavy atom. The van der Waals surface area contributed by atoms with Crippen molar-refractivity contribution in [2.75, 3.05) is 0 Å². The third-order valence-electron chi connectivity index (χ3n) is 5.65. The zero-order valence-electron chi connectivity index (χ0n) is 17.3. The van der Waals surface area contributed by atoms with Crippen LogP contribution in [0.15, 0.2) is 52.5 Å². The van der Waals surface area contributed by atoms with Gasteiger partial charge in [-0.2, -0.15) is 0 Å². The van der Waals surface area contributed by atoms with Crippen LogP contribution >= 0.6 is 15.9 Å². The summed E-state index contributed by atoms with van der Waals surface area (Å²) in [6.45, 7) is 0.185. The van der Waals surface area contributed by atoms with Gasteiger partial charge in [0, 0.05) is 16.1 Å². The van der Waals surface area contributed by atoms with Gasteiger partial charge in [0.15, 0.2) is 0 Å². The topological polar surface area (TPSA) is 75.7 Å². The number of nitrogens with zero attached hydrogens (tertiary/aromatic N) is 1. The van der Waals surface area contributed by atoms with E-state index in [0.29, 0.717) is 11.3 Å². The summed E-state index contributed by atoms with van der Waals surface area (Å²) in [5, 5.41) is 2.30. The number of ether oxygens (including phenoxy) is 1. The fourth-order valence-corrected chi connectivity index (χ4v) is 4.38. The van der Waals surface area contributed by atoms with Crippen molar-refractivity contribution in [1.29, 1.82) is 0 Å². The number of urea groups is 1. The molecule has 6 nitrogen and oxygen atoms in total. The third-order valence-corrected chi connectivity index (χ3v) is 6.15. The van der Waals surface area contributed by atoms with Crippen LogP contribution in [-0.4, -0.2) is 28.8 Å². The highest BCUT2D eigenvalue weighted by Gasteiger charge is 2.40. The number of carbonyl (C=O) groups excluding carboxylic acids is 3. The van der Waals surface area contributed by atoms with E-state index < -0.39 is 17.8 Å². The molecule has 0 bridgehead atoms. The van der Waals surface area contributed by atoms with E-state index >= 15 is 0 Å². The maximum atomic E-state index is 13.1. The summed E-state index contributed by atoms with van der Waals surface area (Å²) in [6, 6.07) is 10.3. The summed E-state index contributed by atoms with van der Waals surface area (Å²) in [5.41, 5.74) is 1.17. The minimum Gasteiger partial charge on any atom is -0.488 e. The average Bonchev–Trinajstić information content (AvgIpc) is 2.78. The second-order valence-corrected chi connectivity index (χ2v) is 8.80. The maximum absolute atomic E-state index is 13.1. The summed E-state index contributed by atoms with van der Waals surface area (Å²) in [5.74, 6) is -1.19. The van der Waals surface area contributed by atoms with E-state index in [0.717, 1.165) is 42.1 Å². The van der Waals surface area contributed by atoms with E-state index in [-0.39, 0.29) is 24.0 Å². The number of benzene rings is 2. The molecular weight excluding hydrogens is 479 g/mol. The Balaban J connectivity index is 1.61. The predicted molar refractivity (Wildman–Crippen MR) is 120 cm³/mol. The molecule has 1 heterocycles. The number of amides is 4. The lowest BCUT2D eigenvalue weighted by atomic mass is 9.93. The van der Waals surface area contributed by atoms with Gasteiger partial charge in [0.1, 0.15) is 23.7 Å². The monoisotopic (exact) mass is 500 g/mol. The van der Waals surface area contributed by atoms with Gasteiger partial charge < -0.3 is 4.74 Å². The van der Waals surface area contributed by atoms with E-state index in [9.17, 15) is 18.8 Å². The smallest absolute Gasteiger partial charge is 0.331 e. The van der Waals surface area contributed by atoms with Crippen LogP contribution in [0, 0.1) is 5.82 Å². The lowest BCUT2D eigenvalue weighted by Gasteiger charge is -2.35. The Bertz CT molecular complexity index is 1080. The van der Waals surface area contributed by atoms with E-state index in [1.807, 2.05) is 0 Å². The van der Waals surface area contributed by atoms with Gasteiger partial charge in [0.25, 0.3) is 11.8 Å². The van der Waals surface area contributed by atoms with Crippen LogP contribution in [0.1, 0.15) is 43.2 Å². The van der Waals surface area contributed by atoms with Gasteiger partial charge in [-0.1, -0.05) is 47.3 Å². The number of rotatable bonds is 5. The highest BCUT2D eigenvalue weighted by molar-refractivity contribution is 9.10. The highest BCUT2D eigenvalue weighted by Crippen LogP contribution is 2.30. The maximum Gasteiger partial charge on any atom is 0.331 e. The molecule has 1 saturated heterocycles. The molecule has 1 saturated carbocycles. The van der Waals surface area contributed by atoms with Gasteiger partial charge in [0.2, 0.25) is 0 Å². The molecule has 0 radical (unpaired) electrons. The molecule has 2 aromatic rings. The third kappa shape index (κ3) is 4.91. The molecule has 32 heavy (non-hydrogen) atoms. The van der Waals surface area contributed by atoms with Gasteiger partial charge in [-0.05, 0) is 54.8 Å². The minimum atomic E-state index is -0.725. The SMILES string of the molecule is O=C1NC(=O)N(C2CCCCC2)C(=O)C1=Cc1cc(Br)ccc1OCc1ccc(F)cc1. The first kappa shape index (κ1) is 22.2. The van der Waals surface area contributed by atoms with Crippen molar-refractivity contribution >= 4 is 39.9 Å². The number of barbiturate groups is 1. The summed E-state index contributed by atoms with van der Waals surface area (Å²) in [4.78, 5) is 39.3. The average molecular weight is 501 g/mol. The van der Waals surface area contributed by atoms with Crippen molar-refractivity contribution in [2.45, 2.75) is 44.8 Å². The van der Waals surface area contributed by atoms with Crippen LogP contribution in [0.5, 0.6) is 5.75 Å². The molecule has 0 spiro atoms. The number of carbonyl (C=O) groups is 3. The van der Waals surface area contributed by atoms with Crippen molar-refractivity contribution < 1.29 is 23.5 Å². The summed E-state index contributed by atoms with van der Waals surface area (Å²) < 4.78 is 19.8. The van der Waals surface area contributed by atoms with E-state index in [2.05, 4.69) is 21.2 Å². The molecule has 4 rings (SSSR count). The molecular formula is C24H22BrFN2O4. The molecule has 2 fully saturated rings. The number of hydrogen-bond donors (Lipinski definition) is 1. The molecule has 1 aliphatic carbocycles. The van der Waals surface area contributed by atoms with E-state index in [1.165, 1.54) is 23.1 Å². The van der Waals surface area contributed by atoms with Crippen molar-refractivity contribution in [3.63, 3.8) is 0 Å². The number of imide groups is 2. The molecule has 4 amide bonds. The molecule has 0 atom stereocenters. The Hall–Kier alpha value is -3.00. The van der Waals surface area contributed by atoms with Gasteiger partial charge in [0.05, 0.1) is 0 Å². The Morgan fingerprint density at radius 1 is 1.06 bits per heavy atom. The van der Waals surface area contributed by atoms with Crippen molar-refractivity contribution in [2.24, 2.45) is 0 Å². The molecule has 2 aliphatic rings. The van der Waals surface area contributed by atoms with Crippen LogP contribution in [0.4, 0.5) is 9.18 Å². The van der Waals surface area contributed by atoms with E-state index in [4.69, 9.17) is 4.74 Å². The summed E-state index contributed by atoms with van der Waals surface area (Å²) >= 11 is 3.40. The standard InChI is InChI=1S/C24H22BrFN2O4/c25-17-8-11-21(32-14-15-6-9-18(26)10-7-15)16(12-17)13-20-22(29)27-24(31)28(23(20)30)19-4-2-1-3-5-19/h6-13,19H,1-5,14H2,(H,27,29,31). The fourth-order valence-electron chi connectivity index (χ4n) is 4.00.